The Morgan fingerprint density at radius 1 is 1.27 bits per heavy atom. The third-order valence-corrected chi connectivity index (χ3v) is 1.57. The summed E-state index contributed by atoms with van der Waals surface area (Å²) in [6, 6.07) is 4.70. The summed E-state index contributed by atoms with van der Waals surface area (Å²) in [6.45, 7) is 0. The van der Waals surface area contributed by atoms with E-state index in [0.29, 0.717) is 4.90 Å². The molecule has 0 bridgehead atoms. The third kappa shape index (κ3) is 2.27. The molecule has 0 aromatic carbocycles. The lowest BCUT2D eigenvalue weighted by atomic mass is 10.3. The number of rotatable bonds is 1. The summed E-state index contributed by atoms with van der Waals surface area (Å²) in [5.74, 6) is -1.92. The molecule has 1 rings (SSSR count). The number of hydrogen-bond acceptors (Lipinski definition) is 4. The summed E-state index contributed by atoms with van der Waals surface area (Å²) < 4.78 is 0. The predicted octanol–water partition coefficient (Wildman–Crippen LogP) is -0.689. The molecular formula is C8H10N6O. The van der Waals surface area contributed by atoms with Gasteiger partial charge in [0.05, 0.1) is 0 Å². The minimum atomic E-state index is -0.699. The Morgan fingerprint density at radius 2 is 1.87 bits per heavy atom. The fourth-order valence-electron chi connectivity index (χ4n) is 0.952. The van der Waals surface area contributed by atoms with Crippen LogP contribution >= 0.6 is 0 Å². The van der Waals surface area contributed by atoms with Crippen molar-refractivity contribution >= 4 is 17.8 Å². The zero-order valence-corrected chi connectivity index (χ0v) is 7.77. The Balaban J connectivity index is 3.02. The van der Waals surface area contributed by atoms with Gasteiger partial charge in [0.15, 0.2) is 0 Å². The summed E-state index contributed by atoms with van der Waals surface area (Å²) in [5, 5.41) is 14.2. The molecule has 6 N–H and O–H groups in total. The minimum Gasteiger partial charge on any atom is -0.369 e. The number of pyridine rings is 1. The first-order valence-electron chi connectivity index (χ1n) is 3.97. The van der Waals surface area contributed by atoms with Crippen LogP contribution in [0.15, 0.2) is 24.4 Å². The SMILES string of the molecule is N=C(N)N(C(=N)N)C(=O)c1ccccn1. The number of guanidine groups is 2. The molecule has 7 heteroatoms. The molecule has 1 aromatic heterocycles. The van der Waals surface area contributed by atoms with E-state index in [1.165, 1.54) is 12.3 Å². The van der Waals surface area contributed by atoms with E-state index in [2.05, 4.69) is 4.98 Å². The maximum atomic E-state index is 11.6. The van der Waals surface area contributed by atoms with Crippen molar-refractivity contribution in [3.63, 3.8) is 0 Å². The van der Waals surface area contributed by atoms with Gasteiger partial charge < -0.3 is 11.5 Å². The van der Waals surface area contributed by atoms with E-state index in [1.807, 2.05) is 0 Å². The smallest absolute Gasteiger partial charge is 0.286 e. The largest absolute Gasteiger partial charge is 0.369 e. The second kappa shape index (κ2) is 4.18. The van der Waals surface area contributed by atoms with Crippen LogP contribution in [0, 0.1) is 10.8 Å². The predicted molar refractivity (Wildman–Crippen MR) is 54.2 cm³/mol. The van der Waals surface area contributed by atoms with Crippen molar-refractivity contribution in [3.8, 4) is 0 Å². The van der Waals surface area contributed by atoms with Crippen molar-refractivity contribution in [1.29, 1.82) is 10.8 Å². The molecule has 0 aliphatic rings. The number of hydrogen-bond donors (Lipinski definition) is 4. The van der Waals surface area contributed by atoms with Crippen LogP contribution in [0.25, 0.3) is 0 Å². The number of nitrogens with two attached hydrogens (primary N) is 2. The molecule has 0 saturated heterocycles. The van der Waals surface area contributed by atoms with E-state index in [-0.39, 0.29) is 5.69 Å². The lowest BCUT2D eigenvalue weighted by Crippen LogP contribution is -2.48. The fourth-order valence-corrected chi connectivity index (χ4v) is 0.952. The number of aromatic nitrogens is 1. The molecular weight excluding hydrogens is 196 g/mol. The van der Waals surface area contributed by atoms with Gasteiger partial charge in [-0.3, -0.25) is 20.6 Å². The maximum absolute atomic E-state index is 11.6. The Hall–Kier alpha value is -2.44. The van der Waals surface area contributed by atoms with Gasteiger partial charge in [-0.05, 0) is 12.1 Å². The zero-order valence-electron chi connectivity index (χ0n) is 7.77. The Kier molecular flexibility index (Phi) is 2.97. The average Bonchev–Trinajstić information content (AvgIpc) is 2.18. The van der Waals surface area contributed by atoms with Crippen LogP contribution in [-0.2, 0) is 0 Å². The van der Waals surface area contributed by atoms with Crippen molar-refractivity contribution in [2.24, 2.45) is 11.5 Å². The van der Waals surface area contributed by atoms with E-state index in [0.717, 1.165) is 0 Å². The van der Waals surface area contributed by atoms with Crippen LogP contribution in [0.3, 0.4) is 0 Å². The normalized spacial score (nSPS) is 9.33. The van der Waals surface area contributed by atoms with Crippen LogP contribution in [-0.4, -0.2) is 27.7 Å². The Bertz CT molecular complexity index is 387. The van der Waals surface area contributed by atoms with E-state index < -0.39 is 17.8 Å². The number of carbonyl (C=O) groups excluding carboxylic acids is 1. The molecule has 1 heterocycles. The monoisotopic (exact) mass is 206 g/mol. The molecule has 0 aliphatic heterocycles. The molecule has 0 radical (unpaired) electrons. The molecule has 0 unspecified atom stereocenters. The van der Waals surface area contributed by atoms with Crippen LogP contribution in [0.5, 0.6) is 0 Å². The van der Waals surface area contributed by atoms with E-state index in [9.17, 15) is 4.79 Å². The first kappa shape index (κ1) is 10.6. The van der Waals surface area contributed by atoms with Gasteiger partial charge in [-0.15, -0.1) is 0 Å². The molecule has 1 aromatic rings. The fraction of sp³-hybridized carbons (Fsp3) is 0. The quantitative estimate of drug-likeness (QED) is 0.357. The van der Waals surface area contributed by atoms with Crippen molar-refractivity contribution in [3.05, 3.63) is 30.1 Å². The number of amides is 1. The molecule has 0 aliphatic carbocycles. The summed E-state index contributed by atoms with van der Waals surface area (Å²) in [7, 11) is 0. The third-order valence-electron chi connectivity index (χ3n) is 1.57. The van der Waals surface area contributed by atoms with Gasteiger partial charge in [0.1, 0.15) is 5.69 Å². The molecule has 1 amide bonds. The van der Waals surface area contributed by atoms with E-state index >= 15 is 0 Å². The first-order chi connectivity index (χ1) is 7.04. The zero-order chi connectivity index (χ0) is 11.4. The van der Waals surface area contributed by atoms with Gasteiger partial charge in [0, 0.05) is 6.20 Å². The number of carbonyl (C=O) groups is 1. The van der Waals surface area contributed by atoms with Crippen LogP contribution in [0.1, 0.15) is 10.5 Å². The van der Waals surface area contributed by atoms with Crippen LogP contribution < -0.4 is 11.5 Å². The van der Waals surface area contributed by atoms with Gasteiger partial charge in [-0.2, -0.15) is 0 Å². The average molecular weight is 206 g/mol. The van der Waals surface area contributed by atoms with Gasteiger partial charge >= 0.3 is 0 Å². The second-order valence-electron chi connectivity index (χ2n) is 2.63. The lowest BCUT2D eigenvalue weighted by Gasteiger charge is -2.17. The summed E-state index contributed by atoms with van der Waals surface area (Å²) in [5.41, 5.74) is 10.3. The van der Waals surface area contributed by atoms with Gasteiger partial charge in [-0.1, -0.05) is 6.07 Å². The summed E-state index contributed by atoms with van der Waals surface area (Å²) >= 11 is 0. The summed E-state index contributed by atoms with van der Waals surface area (Å²) in [6.07, 6.45) is 1.42. The molecule has 78 valence electrons. The number of nitrogens with one attached hydrogen (secondary N) is 2. The minimum absolute atomic E-state index is 0.0721. The Morgan fingerprint density at radius 3 is 2.27 bits per heavy atom. The highest BCUT2D eigenvalue weighted by molar-refractivity contribution is 6.15. The van der Waals surface area contributed by atoms with Gasteiger partial charge in [0.25, 0.3) is 5.91 Å². The summed E-state index contributed by atoms with van der Waals surface area (Å²) in [4.78, 5) is 16.0. The van der Waals surface area contributed by atoms with Crippen molar-refractivity contribution in [2.75, 3.05) is 0 Å². The van der Waals surface area contributed by atoms with E-state index in [1.54, 1.807) is 12.1 Å². The van der Waals surface area contributed by atoms with Crippen LogP contribution in [0.2, 0.25) is 0 Å². The maximum Gasteiger partial charge on any atom is 0.286 e. The molecule has 0 spiro atoms. The Labute approximate surface area is 85.7 Å². The second-order valence-corrected chi connectivity index (χ2v) is 2.63. The van der Waals surface area contributed by atoms with Crippen molar-refractivity contribution < 1.29 is 4.79 Å². The molecule has 7 nitrogen and oxygen atoms in total. The van der Waals surface area contributed by atoms with Gasteiger partial charge in [-0.25, -0.2) is 4.90 Å². The van der Waals surface area contributed by atoms with Crippen molar-refractivity contribution in [1.82, 2.24) is 9.88 Å². The standard InChI is InChI=1S/C8H10N6O/c9-7(10)14(8(11)12)6(15)5-3-1-2-4-13-5/h1-4H,(H3,9,10)(H3,11,12). The highest BCUT2D eigenvalue weighted by Crippen LogP contribution is 1.99. The highest BCUT2D eigenvalue weighted by atomic mass is 16.2. The highest BCUT2D eigenvalue weighted by Gasteiger charge is 2.21. The lowest BCUT2D eigenvalue weighted by molar-refractivity contribution is 0.0895. The van der Waals surface area contributed by atoms with E-state index in [4.69, 9.17) is 22.3 Å². The van der Waals surface area contributed by atoms with Gasteiger partial charge in [0.2, 0.25) is 11.9 Å². The first-order valence-corrected chi connectivity index (χ1v) is 3.97. The molecule has 0 fully saturated rings. The molecule has 0 saturated carbocycles. The molecule has 0 atom stereocenters. The number of nitrogens with zero attached hydrogens (tertiary/aromatic N) is 2. The van der Waals surface area contributed by atoms with Crippen molar-refractivity contribution in [2.45, 2.75) is 0 Å². The van der Waals surface area contributed by atoms with Crippen LogP contribution in [0.4, 0.5) is 0 Å². The topological polar surface area (TPSA) is 133 Å². The molecule has 15 heavy (non-hydrogen) atoms.